The summed E-state index contributed by atoms with van der Waals surface area (Å²) in [6.07, 6.45) is 0.750. The summed E-state index contributed by atoms with van der Waals surface area (Å²) in [4.78, 5) is 5.31. The molecule has 2 aromatic heterocycles. The molecule has 1 N–H and O–H groups in total. The second-order valence-corrected chi connectivity index (χ2v) is 4.71. The van der Waals surface area contributed by atoms with Crippen LogP contribution in [-0.2, 0) is 6.42 Å². The van der Waals surface area contributed by atoms with Crippen molar-refractivity contribution in [1.29, 1.82) is 0 Å². The van der Waals surface area contributed by atoms with Gasteiger partial charge in [0.1, 0.15) is 4.88 Å². The molecule has 0 aliphatic carbocycles. The molecule has 0 saturated heterocycles. The standard InChI is InChI=1S/C10H14N4OS/c1-6-9(16-7(2)12-6)10-14-13-8(15-10)4-5-11-3/h11H,4-5H2,1-3H3. The molecule has 2 rings (SSSR count). The maximum absolute atomic E-state index is 5.57. The third kappa shape index (κ3) is 2.28. The number of thiazole rings is 1. The molecule has 0 bridgehead atoms. The maximum Gasteiger partial charge on any atom is 0.259 e. The Bertz CT molecular complexity index is 477. The Morgan fingerprint density at radius 3 is 2.75 bits per heavy atom. The number of aryl methyl sites for hydroxylation is 2. The number of likely N-dealkylation sites (N-methyl/N-ethyl adjacent to an activating group) is 1. The molecule has 0 aromatic carbocycles. The van der Waals surface area contributed by atoms with Gasteiger partial charge in [0.15, 0.2) is 0 Å². The van der Waals surface area contributed by atoms with E-state index in [0.29, 0.717) is 11.8 Å². The number of hydrogen-bond donors (Lipinski definition) is 1. The first-order chi connectivity index (χ1) is 7.70. The van der Waals surface area contributed by atoms with Crippen molar-refractivity contribution in [3.05, 3.63) is 16.6 Å². The lowest BCUT2D eigenvalue weighted by Gasteiger charge is -1.92. The van der Waals surface area contributed by atoms with Gasteiger partial charge in [-0.05, 0) is 20.9 Å². The summed E-state index contributed by atoms with van der Waals surface area (Å²) < 4.78 is 5.57. The molecule has 86 valence electrons. The topological polar surface area (TPSA) is 63.8 Å². The van der Waals surface area contributed by atoms with Gasteiger partial charge in [0.2, 0.25) is 5.89 Å². The van der Waals surface area contributed by atoms with Gasteiger partial charge in [0, 0.05) is 13.0 Å². The highest BCUT2D eigenvalue weighted by Gasteiger charge is 2.14. The summed E-state index contributed by atoms with van der Waals surface area (Å²) in [6, 6.07) is 0. The second-order valence-electron chi connectivity index (χ2n) is 3.50. The van der Waals surface area contributed by atoms with E-state index in [4.69, 9.17) is 4.42 Å². The normalized spacial score (nSPS) is 10.9. The molecule has 0 aliphatic heterocycles. The zero-order valence-corrected chi connectivity index (χ0v) is 10.4. The van der Waals surface area contributed by atoms with E-state index in [1.807, 2.05) is 20.9 Å². The molecular formula is C10H14N4OS. The highest BCUT2D eigenvalue weighted by Crippen LogP contribution is 2.28. The van der Waals surface area contributed by atoms with Crippen LogP contribution >= 0.6 is 11.3 Å². The van der Waals surface area contributed by atoms with E-state index in [2.05, 4.69) is 20.5 Å². The van der Waals surface area contributed by atoms with Gasteiger partial charge in [-0.25, -0.2) is 4.98 Å². The van der Waals surface area contributed by atoms with Gasteiger partial charge in [0.05, 0.1) is 10.7 Å². The predicted octanol–water partition coefficient (Wildman–Crippen LogP) is 1.57. The molecule has 0 saturated carbocycles. The van der Waals surface area contributed by atoms with Gasteiger partial charge in [-0.1, -0.05) is 0 Å². The van der Waals surface area contributed by atoms with Crippen LogP contribution in [0.15, 0.2) is 4.42 Å². The van der Waals surface area contributed by atoms with Crippen LogP contribution in [0.3, 0.4) is 0 Å². The predicted molar refractivity (Wildman–Crippen MR) is 62.5 cm³/mol. The van der Waals surface area contributed by atoms with Gasteiger partial charge in [-0.15, -0.1) is 21.5 Å². The Morgan fingerprint density at radius 1 is 1.31 bits per heavy atom. The Labute approximate surface area is 97.9 Å². The Morgan fingerprint density at radius 2 is 2.12 bits per heavy atom. The van der Waals surface area contributed by atoms with Crippen LogP contribution < -0.4 is 5.32 Å². The van der Waals surface area contributed by atoms with E-state index in [9.17, 15) is 0 Å². The lowest BCUT2D eigenvalue weighted by Crippen LogP contribution is -2.10. The van der Waals surface area contributed by atoms with Crippen molar-refractivity contribution in [2.75, 3.05) is 13.6 Å². The fourth-order valence-corrected chi connectivity index (χ4v) is 2.25. The minimum absolute atomic E-state index is 0.578. The molecule has 5 nitrogen and oxygen atoms in total. The van der Waals surface area contributed by atoms with Crippen LogP contribution in [0.2, 0.25) is 0 Å². The van der Waals surface area contributed by atoms with E-state index in [0.717, 1.165) is 28.5 Å². The SMILES string of the molecule is CNCCc1nnc(-c2sc(C)nc2C)o1. The summed E-state index contributed by atoms with van der Waals surface area (Å²) >= 11 is 1.58. The zero-order valence-electron chi connectivity index (χ0n) is 9.57. The number of rotatable bonds is 4. The van der Waals surface area contributed by atoms with Crippen molar-refractivity contribution in [1.82, 2.24) is 20.5 Å². The fraction of sp³-hybridized carbons (Fsp3) is 0.500. The van der Waals surface area contributed by atoms with Crippen molar-refractivity contribution >= 4 is 11.3 Å². The van der Waals surface area contributed by atoms with Gasteiger partial charge in [-0.3, -0.25) is 0 Å². The number of nitrogens with one attached hydrogen (secondary N) is 1. The number of nitrogens with zero attached hydrogens (tertiary/aromatic N) is 3. The van der Waals surface area contributed by atoms with Crippen LogP contribution in [0.4, 0.5) is 0 Å². The van der Waals surface area contributed by atoms with Crippen molar-refractivity contribution < 1.29 is 4.42 Å². The third-order valence-corrected chi connectivity index (χ3v) is 3.21. The molecule has 2 heterocycles. The quantitative estimate of drug-likeness (QED) is 0.876. The van der Waals surface area contributed by atoms with E-state index in [1.54, 1.807) is 11.3 Å². The average molecular weight is 238 g/mol. The Hall–Kier alpha value is -1.27. The van der Waals surface area contributed by atoms with E-state index < -0.39 is 0 Å². The number of hydrogen-bond acceptors (Lipinski definition) is 6. The van der Waals surface area contributed by atoms with Crippen molar-refractivity contribution in [2.24, 2.45) is 0 Å². The summed E-state index contributed by atoms with van der Waals surface area (Å²) in [5.74, 6) is 1.24. The summed E-state index contributed by atoms with van der Waals surface area (Å²) in [6.45, 7) is 4.76. The van der Waals surface area contributed by atoms with Gasteiger partial charge in [0.25, 0.3) is 5.89 Å². The van der Waals surface area contributed by atoms with E-state index in [1.165, 1.54) is 0 Å². The third-order valence-electron chi connectivity index (χ3n) is 2.15. The largest absolute Gasteiger partial charge is 0.420 e. The molecule has 0 amide bonds. The van der Waals surface area contributed by atoms with Crippen molar-refractivity contribution in [2.45, 2.75) is 20.3 Å². The molecule has 0 atom stereocenters. The van der Waals surface area contributed by atoms with Crippen molar-refractivity contribution in [3.8, 4) is 10.8 Å². The fourth-order valence-electron chi connectivity index (χ4n) is 1.41. The number of aromatic nitrogens is 3. The minimum Gasteiger partial charge on any atom is -0.420 e. The Balaban J connectivity index is 2.21. The summed E-state index contributed by atoms with van der Waals surface area (Å²) in [5.41, 5.74) is 0.950. The molecule has 0 unspecified atom stereocenters. The van der Waals surface area contributed by atoms with E-state index >= 15 is 0 Å². The lowest BCUT2D eigenvalue weighted by atomic mass is 10.4. The molecule has 0 fully saturated rings. The highest BCUT2D eigenvalue weighted by atomic mass is 32.1. The minimum atomic E-state index is 0.578. The lowest BCUT2D eigenvalue weighted by molar-refractivity contribution is 0.500. The average Bonchev–Trinajstić information content (AvgIpc) is 2.82. The molecule has 0 aliphatic rings. The first-order valence-electron chi connectivity index (χ1n) is 5.12. The first-order valence-corrected chi connectivity index (χ1v) is 5.93. The maximum atomic E-state index is 5.57. The Kier molecular flexibility index (Phi) is 3.31. The molecule has 2 aromatic rings. The molecule has 16 heavy (non-hydrogen) atoms. The van der Waals surface area contributed by atoms with Crippen LogP contribution in [0.5, 0.6) is 0 Å². The van der Waals surface area contributed by atoms with Crippen LogP contribution in [0.25, 0.3) is 10.8 Å². The monoisotopic (exact) mass is 238 g/mol. The summed E-state index contributed by atoms with van der Waals surface area (Å²) in [5, 5.41) is 12.1. The molecule has 0 spiro atoms. The van der Waals surface area contributed by atoms with Crippen LogP contribution in [0.1, 0.15) is 16.6 Å². The zero-order chi connectivity index (χ0) is 11.5. The molecule has 6 heteroatoms. The van der Waals surface area contributed by atoms with Gasteiger partial charge in [-0.2, -0.15) is 0 Å². The van der Waals surface area contributed by atoms with Gasteiger partial charge >= 0.3 is 0 Å². The van der Waals surface area contributed by atoms with Crippen molar-refractivity contribution in [3.63, 3.8) is 0 Å². The molecule has 0 radical (unpaired) electrons. The van der Waals surface area contributed by atoms with Crippen LogP contribution in [0, 0.1) is 13.8 Å². The summed E-state index contributed by atoms with van der Waals surface area (Å²) in [7, 11) is 1.90. The molecular weight excluding hydrogens is 224 g/mol. The smallest absolute Gasteiger partial charge is 0.259 e. The van der Waals surface area contributed by atoms with Crippen LogP contribution in [-0.4, -0.2) is 28.8 Å². The first kappa shape index (κ1) is 11.2. The second kappa shape index (κ2) is 4.71. The highest BCUT2D eigenvalue weighted by molar-refractivity contribution is 7.15. The van der Waals surface area contributed by atoms with E-state index in [-0.39, 0.29) is 0 Å². The van der Waals surface area contributed by atoms with Gasteiger partial charge < -0.3 is 9.73 Å².